The molecule has 0 fully saturated rings. The average Bonchev–Trinajstić information content (AvgIpc) is 2.61. The maximum atomic E-state index is 12.6. The van der Waals surface area contributed by atoms with Crippen molar-refractivity contribution in [3.63, 3.8) is 0 Å². The van der Waals surface area contributed by atoms with E-state index in [1.54, 1.807) is 31.2 Å². The van der Waals surface area contributed by atoms with Gasteiger partial charge in [-0.15, -0.1) is 0 Å². The Balaban J connectivity index is 2.32. The number of benzene rings is 2. The Bertz CT molecular complexity index is 883. The van der Waals surface area contributed by atoms with Gasteiger partial charge in [0.2, 0.25) is 0 Å². The summed E-state index contributed by atoms with van der Waals surface area (Å²) in [6.45, 7) is 1.85. The van der Waals surface area contributed by atoms with E-state index in [1.165, 1.54) is 32.4 Å². The molecule has 9 heteroatoms. The summed E-state index contributed by atoms with van der Waals surface area (Å²) in [5.41, 5.74) is 0.527. The van der Waals surface area contributed by atoms with E-state index in [1.807, 2.05) is 0 Å². The summed E-state index contributed by atoms with van der Waals surface area (Å²) in [5.74, 6) is 0.822. The molecule has 0 aliphatic heterocycles. The van der Waals surface area contributed by atoms with Crippen molar-refractivity contribution < 1.29 is 27.4 Å². The summed E-state index contributed by atoms with van der Waals surface area (Å²) in [7, 11) is -0.986. The molecule has 2 N–H and O–H groups in total. The number of carbonyl (C=O) groups is 1. The molecule has 2 rings (SSSR count). The van der Waals surface area contributed by atoms with Crippen LogP contribution in [0.3, 0.4) is 0 Å². The van der Waals surface area contributed by atoms with Crippen molar-refractivity contribution in [2.75, 3.05) is 30.9 Å². The SMILES string of the molecule is CCOC(=O)Nc1cc(S(=O)(=O)Nc2cccc(OC)c2)ccc1OC. The molecule has 0 saturated heterocycles. The Morgan fingerprint density at radius 3 is 2.50 bits per heavy atom. The summed E-state index contributed by atoms with van der Waals surface area (Å²) < 4.78 is 42.7. The molecule has 0 bridgehead atoms. The van der Waals surface area contributed by atoms with Crippen LogP contribution < -0.4 is 19.5 Å². The van der Waals surface area contributed by atoms with Gasteiger partial charge in [0.1, 0.15) is 11.5 Å². The number of hydrogen-bond donors (Lipinski definition) is 2. The van der Waals surface area contributed by atoms with Gasteiger partial charge in [-0.3, -0.25) is 10.0 Å². The van der Waals surface area contributed by atoms with Crippen LogP contribution in [0.15, 0.2) is 47.4 Å². The van der Waals surface area contributed by atoms with E-state index in [-0.39, 0.29) is 17.2 Å². The highest BCUT2D eigenvalue weighted by molar-refractivity contribution is 7.92. The molecule has 1 amide bonds. The maximum absolute atomic E-state index is 12.6. The van der Waals surface area contributed by atoms with Crippen LogP contribution in [0.5, 0.6) is 11.5 Å². The highest BCUT2D eigenvalue weighted by Crippen LogP contribution is 2.29. The van der Waals surface area contributed by atoms with Crippen molar-refractivity contribution in [3.05, 3.63) is 42.5 Å². The summed E-state index contributed by atoms with van der Waals surface area (Å²) in [6, 6.07) is 10.6. The quantitative estimate of drug-likeness (QED) is 0.765. The molecule has 0 atom stereocenters. The van der Waals surface area contributed by atoms with Gasteiger partial charge in [0.25, 0.3) is 10.0 Å². The van der Waals surface area contributed by atoms with Gasteiger partial charge in [0, 0.05) is 6.07 Å². The predicted octanol–water partition coefficient (Wildman–Crippen LogP) is 3.07. The number of sulfonamides is 1. The van der Waals surface area contributed by atoms with Crippen molar-refractivity contribution in [3.8, 4) is 11.5 Å². The third-order valence-corrected chi connectivity index (χ3v) is 4.69. The summed E-state index contributed by atoms with van der Waals surface area (Å²) in [6.07, 6.45) is -0.707. The molecule has 0 aliphatic carbocycles. The van der Waals surface area contributed by atoms with E-state index >= 15 is 0 Å². The highest BCUT2D eigenvalue weighted by atomic mass is 32.2. The Labute approximate surface area is 152 Å². The van der Waals surface area contributed by atoms with Crippen molar-refractivity contribution in [2.24, 2.45) is 0 Å². The van der Waals surface area contributed by atoms with Gasteiger partial charge < -0.3 is 14.2 Å². The number of ether oxygens (including phenoxy) is 3. The van der Waals surface area contributed by atoms with Crippen molar-refractivity contribution in [1.29, 1.82) is 0 Å². The van der Waals surface area contributed by atoms with Crippen LogP contribution in [-0.2, 0) is 14.8 Å². The van der Waals surface area contributed by atoms with Gasteiger partial charge >= 0.3 is 6.09 Å². The zero-order valence-corrected chi connectivity index (χ0v) is 15.4. The van der Waals surface area contributed by atoms with Crippen LogP contribution in [0.1, 0.15) is 6.92 Å². The highest BCUT2D eigenvalue weighted by Gasteiger charge is 2.18. The van der Waals surface area contributed by atoms with Crippen LogP contribution in [0.2, 0.25) is 0 Å². The topological polar surface area (TPSA) is 103 Å². The first-order valence-corrected chi connectivity index (χ1v) is 9.16. The van der Waals surface area contributed by atoms with E-state index < -0.39 is 16.1 Å². The predicted molar refractivity (Wildman–Crippen MR) is 97.4 cm³/mol. The number of methoxy groups -OCH3 is 2. The van der Waals surface area contributed by atoms with Crippen molar-refractivity contribution >= 4 is 27.5 Å². The molecule has 26 heavy (non-hydrogen) atoms. The molecule has 0 aromatic heterocycles. The second kappa shape index (κ2) is 8.43. The Morgan fingerprint density at radius 1 is 1.08 bits per heavy atom. The van der Waals surface area contributed by atoms with Gasteiger partial charge in [0.05, 0.1) is 37.1 Å². The normalized spacial score (nSPS) is 10.7. The van der Waals surface area contributed by atoms with Crippen molar-refractivity contribution in [2.45, 2.75) is 11.8 Å². The molecule has 140 valence electrons. The third-order valence-electron chi connectivity index (χ3n) is 3.32. The molecule has 0 saturated carbocycles. The van der Waals surface area contributed by atoms with Crippen LogP contribution in [0, 0.1) is 0 Å². The van der Waals surface area contributed by atoms with E-state index in [0.717, 1.165) is 0 Å². The van der Waals surface area contributed by atoms with Crippen LogP contribution in [0.4, 0.5) is 16.2 Å². The monoisotopic (exact) mass is 380 g/mol. The first-order chi connectivity index (χ1) is 12.4. The number of amides is 1. The second-order valence-corrected chi connectivity index (χ2v) is 6.73. The first kappa shape index (κ1) is 19.4. The summed E-state index contributed by atoms with van der Waals surface area (Å²) in [5, 5.41) is 2.46. The van der Waals surface area contributed by atoms with Gasteiger partial charge in [-0.1, -0.05) is 6.07 Å². The van der Waals surface area contributed by atoms with E-state index in [9.17, 15) is 13.2 Å². The fourth-order valence-electron chi connectivity index (χ4n) is 2.13. The maximum Gasteiger partial charge on any atom is 0.411 e. The third kappa shape index (κ3) is 4.79. The van der Waals surface area contributed by atoms with E-state index in [0.29, 0.717) is 17.2 Å². The zero-order valence-electron chi connectivity index (χ0n) is 14.6. The molecule has 0 heterocycles. The minimum atomic E-state index is -3.89. The van der Waals surface area contributed by atoms with Crippen LogP contribution in [-0.4, -0.2) is 35.3 Å². The van der Waals surface area contributed by atoms with Crippen LogP contribution >= 0.6 is 0 Å². The average molecular weight is 380 g/mol. The molecule has 0 aliphatic rings. The first-order valence-electron chi connectivity index (χ1n) is 7.68. The fourth-order valence-corrected chi connectivity index (χ4v) is 3.21. The Morgan fingerprint density at radius 2 is 1.85 bits per heavy atom. The van der Waals surface area contributed by atoms with Crippen molar-refractivity contribution in [1.82, 2.24) is 0 Å². The molecule has 8 nitrogen and oxygen atoms in total. The largest absolute Gasteiger partial charge is 0.497 e. The number of nitrogens with one attached hydrogen (secondary N) is 2. The Hall–Kier alpha value is -2.94. The second-order valence-electron chi connectivity index (χ2n) is 5.05. The molecule has 0 unspecified atom stereocenters. The van der Waals surface area contributed by atoms with Gasteiger partial charge in [-0.05, 0) is 37.3 Å². The molecule has 0 spiro atoms. The minimum absolute atomic E-state index is 0.0482. The molecule has 2 aromatic rings. The lowest BCUT2D eigenvalue weighted by atomic mass is 10.3. The molecular weight excluding hydrogens is 360 g/mol. The van der Waals surface area contributed by atoms with E-state index in [4.69, 9.17) is 14.2 Å². The van der Waals surface area contributed by atoms with Gasteiger partial charge in [-0.25, -0.2) is 13.2 Å². The lowest BCUT2D eigenvalue weighted by molar-refractivity contribution is 0.168. The lowest BCUT2D eigenvalue weighted by Crippen LogP contribution is -2.16. The summed E-state index contributed by atoms with van der Waals surface area (Å²) in [4.78, 5) is 11.6. The smallest absolute Gasteiger partial charge is 0.411 e. The summed E-state index contributed by atoms with van der Waals surface area (Å²) >= 11 is 0. The minimum Gasteiger partial charge on any atom is -0.497 e. The standard InChI is InChI=1S/C17H20N2O6S/c1-4-25-17(20)18-15-11-14(8-9-16(15)24-3)26(21,22)19-12-6-5-7-13(10-12)23-2/h5-11,19H,4H2,1-3H3,(H,18,20). The fraction of sp³-hybridized carbons (Fsp3) is 0.235. The lowest BCUT2D eigenvalue weighted by Gasteiger charge is -2.13. The van der Waals surface area contributed by atoms with Gasteiger partial charge in [-0.2, -0.15) is 0 Å². The Kier molecular flexibility index (Phi) is 6.29. The number of anilines is 2. The van der Waals surface area contributed by atoms with E-state index in [2.05, 4.69) is 10.0 Å². The molecule has 0 radical (unpaired) electrons. The number of carbonyl (C=O) groups excluding carboxylic acids is 1. The van der Waals surface area contributed by atoms with Gasteiger partial charge in [0.15, 0.2) is 0 Å². The number of rotatable bonds is 7. The molecular formula is C17H20N2O6S. The zero-order chi connectivity index (χ0) is 19.2. The molecule has 2 aromatic carbocycles. The number of hydrogen-bond acceptors (Lipinski definition) is 6. The van der Waals surface area contributed by atoms with Crippen LogP contribution in [0.25, 0.3) is 0 Å².